The number of nitrogens with zero attached hydrogens (tertiary/aromatic N) is 1. The molecule has 22 heavy (non-hydrogen) atoms. The van der Waals surface area contributed by atoms with Crippen molar-refractivity contribution in [2.24, 2.45) is 0 Å². The number of anilines is 1. The van der Waals surface area contributed by atoms with Gasteiger partial charge in [-0.1, -0.05) is 53.5 Å². The second-order valence-electron chi connectivity index (χ2n) is 4.57. The van der Waals surface area contributed by atoms with Crippen LogP contribution in [0, 0.1) is 0 Å². The molecule has 0 atom stereocenters. The molecule has 0 amide bonds. The van der Waals surface area contributed by atoms with Crippen molar-refractivity contribution in [1.82, 2.24) is 4.98 Å². The molecule has 1 N–H and O–H groups in total. The molecular weight excluding hydrogens is 343 g/mol. The molecule has 1 aromatic heterocycles. The first-order valence-electron chi connectivity index (χ1n) is 6.29. The van der Waals surface area contributed by atoms with Crippen LogP contribution in [0.3, 0.4) is 0 Å². The summed E-state index contributed by atoms with van der Waals surface area (Å²) in [5.74, 6) is 0.217. The molecule has 3 rings (SSSR count). The lowest BCUT2D eigenvalue weighted by Crippen LogP contribution is -2.14. The van der Waals surface area contributed by atoms with Crippen molar-refractivity contribution in [2.45, 2.75) is 4.90 Å². The van der Waals surface area contributed by atoms with E-state index in [0.717, 1.165) is 10.8 Å². The van der Waals surface area contributed by atoms with Crippen LogP contribution in [0.4, 0.5) is 5.82 Å². The molecule has 1 heterocycles. The molecule has 112 valence electrons. The highest BCUT2D eigenvalue weighted by Crippen LogP contribution is 2.30. The Morgan fingerprint density at radius 1 is 0.955 bits per heavy atom. The summed E-state index contributed by atoms with van der Waals surface area (Å²) in [5.41, 5.74) is 0. The number of hydrogen-bond donors (Lipinski definition) is 1. The van der Waals surface area contributed by atoms with Gasteiger partial charge in [-0.3, -0.25) is 4.72 Å². The van der Waals surface area contributed by atoms with E-state index in [0.29, 0.717) is 0 Å². The van der Waals surface area contributed by atoms with Gasteiger partial charge in [0.1, 0.15) is 10.7 Å². The zero-order chi connectivity index (χ0) is 15.7. The average Bonchev–Trinajstić information content (AvgIpc) is 2.49. The van der Waals surface area contributed by atoms with Crippen LogP contribution in [0.2, 0.25) is 10.0 Å². The van der Waals surface area contributed by atoms with Crippen LogP contribution in [0.25, 0.3) is 10.8 Å². The molecule has 0 aliphatic rings. The van der Waals surface area contributed by atoms with Gasteiger partial charge in [-0.2, -0.15) is 0 Å². The zero-order valence-electron chi connectivity index (χ0n) is 11.1. The van der Waals surface area contributed by atoms with Crippen molar-refractivity contribution < 1.29 is 8.42 Å². The Morgan fingerprint density at radius 2 is 1.68 bits per heavy atom. The normalized spacial score (nSPS) is 11.5. The monoisotopic (exact) mass is 352 g/mol. The van der Waals surface area contributed by atoms with E-state index in [1.807, 2.05) is 24.3 Å². The Morgan fingerprint density at radius 3 is 2.45 bits per heavy atom. The standard InChI is InChI=1S/C15H10Cl2N2O2S/c16-12-6-3-7-13(15(12)17)22(20,21)19-14-8-10-4-1-2-5-11(10)9-18-14/h1-9H,(H,18,19). The van der Waals surface area contributed by atoms with Crippen LogP contribution in [0.15, 0.2) is 59.6 Å². The lowest BCUT2D eigenvalue weighted by Gasteiger charge is -2.10. The highest BCUT2D eigenvalue weighted by Gasteiger charge is 2.20. The Kier molecular flexibility index (Phi) is 3.95. The number of hydrogen-bond acceptors (Lipinski definition) is 3. The van der Waals surface area contributed by atoms with E-state index in [2.05, 4.69) is 9.71 Å². The molecule has 0 fully saturated rings. The van der Waals surface area contributed by atoms with Crippen LogP contribution in [-0.2, 0) is 10.0 Å². The Bertz CT molecular complexity index is 959. The molecule has 0 bridgehead atoms. The number of halogens is 2. The van der Waals surface area contributed by atoms with E-state index < -0.39 is 10.0 Å². The van der Waals surface area contributed by atoms with Gasteiger partial charge < -0.3 is 0 Å². The molecule has 0 aliphatic heterocycles. The predicted octanol–water partition coefficient (Wildman–Crippen LogP) is 4.34. The van der Waals surface area contributed by atoms with Crippen LogP contribution < -0.4 is 4.72 Å². The van der Waals surface area contributed by atoms with Gasteiger partial charge >= 0.3 is 0 Å². The van der Waals surface area contributed by atoms with Crippen molar-refractivity contribution in [3.8, 4) is 0 Å². The first-order chi connectivity index (χ1) is 10.5. The maximum atomic E-state index is 12.4. The lowest BCUT2D eigenvalue weighted by molar-refractivity contribution is 0.601. The summed E-state index contributed by atoms with van der Waals surface area (Å²) in [7, 11) is -3.86. The largest absolute Gasteiger partial charge is 0.264 e. The van der Waals surface area contributed by atoms with Gasteiger partial charge in [-0.05, 0) is 23.6 Å². The highest BCUT2D eigenvalue weighted by atomic mass is 35.5. The summed E-state index contributed by atoms with van der Waals surface area (Å²) in [6, 6.07) is 13.6. The van der Waals surface area contributed by atoms with Gasteiger partial charge in [0.15, 0.2) is 0 Å². The number of nitrogens with one attached hydrogen (secondary N) is 1. The van der Waals surface area contributed by atoms with Gasteiger partial charge in [0.05, 0.1) is 10.0 Å². The fourth-order valence-electron chi connectivity index (χ4n) is 2.02. The third-order valence-electron chi connectivity index (χ3n) is 3.08. The second-order valence-corrected chi connectivity index (χ2v) is 7.01. The molecule has 0 aliphatic carbocycles. The molecule has 3 aromatic rings. The maximum Gasteiger partial charge on any atom is 0.264 e. The fourth-order valence-corrected chi connectivity index (χ4v) is 3.79. The summed E-state index contributed by atoms with van der Waals surface area (Å²) in [5, 5.41) is 1.96. The van der Waals surface area contributed by atoms with Crippen molar-refractivity contribution in [3.63, 3.8) is 0 Å². The summed E-state index contributed by atoms with van der Waals surface area (Å²) < 4.78 is 27.2. The minimum atomic E-state index is -3.86. The number of pyridine rings is 1. The van der Waals surface area contributed by atoms with Gasteiger partial charge in [-0.25, -0.2) is 13.4 Å². The highest BCUT2D eigenvalue weighted by molar-refractivity contribution is 7.92. The van der Waals surface area contributed by atoms with E-state index in [4.69, 9.17) is 23.2 Å². The minimum absolute atomic E-state index is 0.0162. The van der Waals surface area contributed by atoms with E-state index in [1.165, 1.54) is 18.2 Å². The number of fused-ring (bicyclic) bond motifs is 1. The predicted molar refractivity (Wildman–Crippen MR) is 89.0 cm³/mol. The average molecular weight is 353 g/mol. The summed E-state index contributed by atoms with van der Waals surface area (Å²) >= 11 is 11.8. The Labute approximate surface area is 137 Å². The van der Waals surface area contributed by atoms with Gasteiger partial charge in [0.2, 0.25) is 0 Å². The van der Waals surface area contributed by atoms with Crippen LogP contribution in [-0.4, -0.2) is 13.4 Å². The molecule has 2 aromatic carbocycles. The van der Waals surface area contributed by atoms with Crippen molar-refractivity contribution in [1.29, 1.82) is 0 Å². The van der Waals surface area contributed by atoms with E-state index in [-0.39, 0.29) is 20.8 Å². The smallest absolute Gasteiger partial charge is 0.263 e. The third kappa shape index (κ3) is 2.88. The summed E-state index contributed by atoms with van der Waals surface area (Å²) in [4.78, 5) is 4.02. The second kappa shape index (κ2) is 5.76. The number of aromatic nitrogens is 1. The van der Waals surface area contributed by atoms with Crippen LogP contribution in [0.1, 0.15) is 0 Å². The first kappa shape index (κ1) is 15.1. The molecule has 0 saturated heterocycles. The third-order valence-corrected chi connectivity index (χ3v) is 5.40. The molecule has 4 nitrogen and oxygen atoms in total. The van der Waals surface area contributed by atoms with E-state index in [9.17, 15) is 8.42 Å². The van der Waals surface area contributed by atoms with Crippen molar-refractivity contribution in [3.05, 3.63) is 64.8 Å². The fraction of sp³-hybridized carbons (Fsp3) is 0. The van der Waals surface area contributed by atoms with Crippen molar-refractivity contribution in [2.75, 3.05) is 4.72 Å². The molecule has 0 radical (unpaired) electrons. The molecule has 0 unspecified atom stereocenters. The number of sulfonamides is 1. The van der Waals surface area contributed by atoms with Gasteiger partial charge in [0.25, 0.3) is 10.0 Å². The van der Waals surface area contributed by atoms with E-state index in [1.54, 1.807) is 12.3 Å². The lowest BCUT2D eigenvalue weighted by atomic mass is 10.2. The number of rotatable bonds is 3. The van der Waals surface area contributed by atoms with Gasteiger partial charge in [0, 0.05) is 11.6 Å². The van der Waals surface area contributed by atoms with Crippen LogP contribution in [0.5, 0.6) is 0 Å². The molecular formula is C15H10Cl2N2O2S. The quantitative estimate of drug-likeness (QED) is 0.762. The number of benzene rings is 2. The van der Waals surface area contributed by atoms with E-state index >= 15 is 0 Å². The minimum Gasteiger partial charge on any atom is -0.263 e. The van der Waals surface area contributed by atoms with Gasteiger partial charge in [-0.15, -0.1) is 0 Å². The topological polar surface area (TPSA) is 59.1 Å². The van der Waals surface area contributed by atoms with Crippen molar-refractivity contribution >= 4 is 49.8 Å². The Balaban J connectivity index is 2.01. The summed E-state index contributed by atoms with van der Waals surface area (Å²) in [6.07, 6.45) is 1.60. The van der Waals surface area contributed by atoms with Crippen LogP contribution >= 0.6 is 23.2 Å². The SMILES string of the molecule is O=S(=O)(Nc1cc2ccccc2cn1)c1cccc(Cl)c1Cl. The molecule has 7 heteroatoms. The summed E-state index contributed by atoms with van der Waals surface area (Å²) in [6.45, 7) is 0. The molecule has 0 spiro atoms. The Hall–Kier alpha value is -1.82. The first-order valence-corrected chi connectivity index (χ1v) is 8.53. The molecule has 0 saturated carbocycles. The maximum absolute atomic E-state index is 12.4. The zero-order valence-corrected chi connectivity index (χ0v) is 13.5.